The molecule has 0 saturated heterocycles. The van der Waals surface area contributed by atoms with E-state index in [4.69, 9.17) is 5.11 Å². The van der Waals surface area contributed by atoms with Crippen molar-refractivity contribution in [1.29, 1.82) is 0 Å². The standard InChI is InChI=1S/C14H19NO3S/c1-3-14(2,13(17)18)15-12(16)9-10-19-11-7-5-4-6-8-11/h4-8H,3,9-10H2,1-2H3,(H,15,16)(H,17,18). The number of carboxylic acid groups (broad SMARTS) is 1. The van der Waals surface area contributed by atoms with Gasteiger partial charge in [0.25, 0.3) is 0 Å². The first-order valence-corrected chi connectivity index (χ1v) is 7.19. The third-order valence-electron chi connectivity index (χ3n) is 2.94. The summed E-state index contributed by atoms with van der Waals surface area (Å²) in [6.07, 6.45) is 0.669. The Bertz CT molecular complexity index is 436. The number of carboxylic acids is 1. The lowest BCUT2D eigenvalue weighted by Crippen LogP contribution is -2.51. The highest BCUT2D eigenvalue weighted by molar-refractivity contribution is 7.99. The van der Waals surface area contributed by atoms with Crippen LogP contribution in [0.5, 0.6) is 0 Å². The molecule has 0 saturated carbocycles. The van der Waals surface area contributed by atoms with Gasteiger partial charge >= 0.3 is 5.97 Å². The molecule has 0 spiro atoms. The highest BCUT2D eigenvalue weighted by Gasteiger charge is 2.32. The smallest absolute Gasteiger partial charge is 0.329 e. The van der Waals surface area contributed by atoms with Gasteiger partial charge in [0.05, 0.1) is 0 Å². The van der Waals surface area contributed by atoms with Crippen LogP contribution in [0.25, 0.3) is 0 Å². The van der Waals surface area contributed by atoms with Gasteiger partial charge in [-0.2, -0.15) is 0 Å². The fourth-order valence-corrected chi connectivity index (χ4v) is 2.31. The monoisotopic (exact) mass is 281 g/mol. The fraction of sp³-hybridized carbons (Fsp3) is 0.429. The van der Waals surface area contributed by atoms with Crippen LogP contribution in [0.4, 0.5) is 0 Å². The summed E-state index contributed by atoms with van der Waals surface area (Å²) in [7, 11) is 0. The maximum Gasteiger partial charge on any atom is 0.329 e. The largest absolute Gasteiger partial charge is 0.480 e. The van der Waals surface area contributed by atoms with Gasteiger partial charge in [0.15, 0.2) is 0 Å². The van der Waals surface area contributed by atoms with Gasteiger partial charge in [0.1, 0.15) is 5.54 Å². The van der Waals surface area contributed by atoms with Gasteiger partial charge in [0.2, 0.25) is 5.91 Å². The molecule has 2 N–H and O–H groups in total. The molecule has 4 nitrogen and oxygen atoms in total. The lowest BCUT2D eigenvalue weighted by molar-refractivity contribution is -0.146. The summed E-state index contributed by atoms with van der Waals surface area (Å²) in [4.78, 5) is 23.9. The predicted molar refractivity (Wildman–Crippen MR) is 76.3 cm³/mol. The van der Waals surface area contributed by atoms with Gasteiger partial charge in [0, 0.05) is 17.1 Å². The third-order valence-corrected chi connectivity index (χ3v) is 3.95. The van der Waals surface area contributed by atoms with E-state index < -0.39 is 11.5 Å². The molecule has 1 amide bonds. The summed E-state index contributed by atoms with van der Waals surface area (Å²) in [6.45, 7) is 3.27. The van der Waals surface area contributed by atoms with E-state index in [0.29, 0.717) is 18.6 Å². The highest BCUT2D eigenvalue weighted by atomic mass is 32.2. The molecular weight excluding hydrogens is 262 g/mol. The summed E-state index contributed by atoms with van der Waals surface area (Å²) in [5.41, 5.74) is -1.17. The lowest BCUT2D eigenvalue weighted by atomic mass is 9.99. The molecule has 5 heteroatoms. The van der Waals surface area contributed by atoms with Crippen molar-refractivity contribution in [1.82, 2.24) is 5.32 Å². The van der Waals surface area contributed by atoms with Gasteiger partial charge in [-0.15, -0.1) is 11.8 Å². The van der Waals surface area contributed by atoms with E-state index in [2.05, 4.69) is 5.32 Å². The van der Waals surface area contributed by atoms with Crippen molar-refractivity contribution in [3.8, 4) is 0 Å². The zero-order chi connectivity index (χ0) is 14.3. The molecule has 1 aromatic rings. The summed E-state index contributed by atoms with van der Waals surface area (Å²) in [6, 6.07) is 9.80. The van der Waals surface area contributed by atoms with Crippen molar-refractivity contribution < 1.29 is 14.7 Å². The number of aliphatic carboxylic acids is 1. The molecule has 104 valence electrons. The van der Waals surface area contributed by atoms with Gasteiger partial charge in [-0.3, -0.25) is 4.79 Å². The Labute approximate surface area is 117 Å². The van der Waals surface area contributed by atoms with Crippen LogP contribution < -0.4 is 5.32 Å². The molecule has 19 heavy (non-hydrogen) atoms. The molecule has 0 fully saturated rings. The number of thioether (sulfide) groups is 1. The molecule has 1 aromatic carbocycles. The summed E-state index contributed by atoms with van der Waals surface area (Å²) in [5, 5.41) is 11.6. The normalized spacial score (nSPS) is 13.6. The quantitative estimate of drug-likeness (QED) is 0.754. The van der Waals surface area contributed by atoms with Gasteiger partial charge in [-0.1, -0.05) is 25.1 Å². The molecule has 1 atom stereocenters. The van der Waals surface area contributed by atoms with E-state index in [0.717, 1.165) is 4.90 Å². The third kappa shape index (κ3) is 4.95. The molecule has 0 bridgehead atoms. The fourth-order valence-electron chi connectivity index (χ4n) is 1.44. The number of amides is 1. The average molecular weight is 281 g/mol. The van der Waals surface area contributed by atoms with Gasteiger partial charge < -0.3 is 10.4 Å². The molecule has 0 aliphatic heterocycles. The van der Waals surface area contributed by atoms with Gasteiger partial charge in [-0.05, 0) is 25.5 Å². The van der Waals surface area contributed by atoms with E-state index in [1.165, 1.54) is 6.92 Å². The Morgan fingerprint density at radius 2 is 1.95 bits per heavy atom. The van der Waals surface area contributed by atoms with Crippen molar-refractivity contribution in [3.05, 3.63) is 30.3 Å². The van der Waals surface area contributed by atoms with E-state index in [1.54, 1.807) is 18.7 Å². The van der Waals surface area contributed by atoms with Crippen LogP contribution in [0.3, 0.4) is 0 Å². The van der Waals surface area contributed by atoms with Crippen LogP contribution in [-0.4, -0.2) is 28.3 Å². The van der Waals surface area contributed by atoms with Crippen LogP contribution >= 0.6 is 11.8 Å². The van der Waals surface area contributed by atoms with E-state index in [9.17, 15) is 9.59 Å². The Morgan fingerprint density at radius 3 is 2.47 bits per heavy atom. The summed E-state index contributed by atoms with van der Waals surface area (Å²) < 4.78 is 0. The number of hydrogen-bond acceptors (Lipinski definition) is 3. The van der Waals surface area contributed by atoms with Crippen LogP contribution in [0.1, 0.15) is 26.7 Å². The highest BCUT2D eigenvalue weighted by Crippen LogP contribution is 2.18. The van der Waals surface area contributed by atoms with Gasteiger partial charge in [-0.25, -0.2) is 4.79 Å². The van der Waals surface area contributed by atoms with Crippen LogP contribution in [-0.2, 0) is 9.59 Å². The van der Waals surface area contributed by atoms with Crippen LogP contribution in [0, 0.1) is 0 Å². The molecule has 0 radical (unpaired) electrons. The second kappa shape index (κ2) is 7.19. The van der Waals surface area contributed by atoms with Crippen molar-refractivity contribution >= 4 is 23.6 Å². The minimum atomic E-state index is -1.17. The molecule has 0 aliphatic rings. The second-order valence-electron chi connectivity index (χ2n) is 4.45. The van der Waals surface area contributed by atoms with Crippen molar-refractivity contribution in [2.24, 2.45) is 0 Å². The van der Waals surface area contributed by atoms with Crippen molar-refractivity contribution in [2.75, 3.05) is 5.75 Å². The Hall–Kier alpha value is -1.49. The lowest BCUT2D eigenvalue weighted by Gasteiger charge is -2.24. The molecule has 1 rings (SSSR count). The van der Waals surface area contributed by atoms with E-state index in [1.807, 2.05) is 30.3 Å². The summed E-state index contributed by atoms with van der Waals surface area (Å²) in [5.74, 6) is -0.593. The minimum absolute atomic E-state index is 0.227. The zero-order valence-corrected chi connectivity index (χ0v) is 12.0. The average Bonchev–Trinajstić information content (AvgIpc) is 2.39. The molecular formula is C14H19NO3S. The van der Waals surface area contributed by atoms with Crippen molar-refractivity contribution in [2.45, 2.75) is 37.1 Å². The minimum Gasteiger partial charge on any atom is -0.480 e. The Balaban J connectivity index is 2.38. The Morgan fingerprint density at radius 1 is 1.32 bits per heavy atom. The predicted octanol–water partition coefficient (Wildman–Crippen LogP) is 2.54. The number of rotatable bonds is 7. The maximum absolute atomic E-state index is 11.7. The number of carbonyl (C=O) groups excluding carboxylic acids is 1. The van der Waals surface area contributed by atoms with Crippen LogP contribution in [0.15, 0.2) is 35.2 Å². The second-order valence-corrected chi connectivity index (χ2v) is 5.62. The SMILES string of the molecule is CCC(C)(NC(=O)CCSc1ccccc1)C(=O)O. The number of carbonyl (C=O) groups is 2. The first-order valence-electron chi connectivity index (χ1n) is 6.20. The molecule has 0 aromatic heterocycles. The van der Waals surface area contributed by atoms with Crippen molar-refractivity contribution in [3.63, 3.8) is 0 Å². The van der Waals surface area contributed by atoms with E-state index in [-0.39, 0.29) is 5.91 Å². The Kier molecular flexibility index (Phi) is 5.89. The summed E-state index contributed by atoms with van der Waals surface area (Å²) >= 11 is 1.58. The number of hydrogen-bond donors (Lipinski definition) is 2. The van der Waals surface area contributed by atoms with Crippen LogP contribution in [0.2, 0.25) is 0 Å². The first-order chi connectivity index (χ1) is 8.98. The molecule has 0 heterocycles. The molecule has 1 unspecified atom stereocenters. The molecule has 0 aliphatic carbocycles. The topological polar surface area (TPSA) is 66.4 Å². The number of benzene rings is 1. The van der Waals surface area contributed by atoms with E-state index >= 15 is 0 Å². The zero-order valence-electron chi connectivity index (χ0n) is 11.2. The number of nitrogens with one attached hydrogen (secondary N) is 1. The maximum atomic E-state index is 11.7. The first kappa shape index (κ1) is 15.6.